The van der Waals surface area contributed by atoms with Crippen molar-refractivity contribution in [3.63, 3.8) is 0 Å². The van der Waals surface area contributed by atoms with E-state index in [4.69, 9.17) is 11.6 Å². The van der Waals surface area contributed by atoms with E-state index in [1.54, 1.807) is 35.3 Å². The zero-order chi connectivity index (χ0) is 19.8. The van der Waals surface area contributed by atoms with Gasteiger partial charge in [0.1, 0.15) is 5.82 Å². The van der Waals surface area contributed by atoms with Crippen LogP contribution in [0.4, 0.5) is 4.39 Å². The molecule has 0 spiro atoms. The third kappa shape index (κ3) is 3.34. The molecule has 0 unspecified atom stereocenters. The molecule has 0 fully saturated rings. The molecular formula is C18H10BrClFN5O2. The zero-order valence-electron chi connectivity index (χ0n) is 14.0. The van der Waals surface area contributed by atoms with Crippen LogP contribution in [0.2, 0.25) is 5.28 Å². The molecule has 0 saturated heterocycles. The molecule has 4 rings (SSSR count). The van der Waals surface area contributed by atoms with Crippen molar-refractivity contribution in [2.24, 2.45) is 0 Å². The van der Waals surface area contributed by atoms with Crippen LogP contribution >= 0.6 is 27.5 Å². The van der Waals surface area contributed by atoms with Gasteiger partial charge in [-0.3, -0.25) is 4.79 Å². The van der Waals surface area contributed by atoms with Gasteiger partial charge in [-0.25, -0.2) is 23.7 Å². The Morgan fingerprint density at radius 2 is 1.89 bits per heavy atom. The van der Waals surface area contributed by atoms with Crippen molar-refractivity contribution in [2.75, 3.05) is 0 Å². The minimum Gasteiger partial charge on any atom is -0.328 e. The average molecular weight is 463 g/mol. The Balaban J connectivity index is 1.87. The molecule has 0 radical (unpaired) electrons. The summed E-state index contributed by atoms with van der Waals surface area (Å²) in [6.07, 6.45) is 4.78. The largest absolute Gasteiger partial charge is 0.357 e. The number of fused-ring (bicyclic) bond motifs is 1. The fourth-order valence-electron chi connectivity index (χ4n) is 2.78. The van der Waals surface area contributed by atoms with Crippen LogP contribution in [0.25, 0.3) is 17.1 Å². The number of halogens is 3. The number of aromatic nitrogens is 5. The maximum atomic E-state index is 13.9. The number of benzene rings is 1. The van der Waals surface area contributed by atoms with Crippen molar-refractivity contribution in [1.29, 1.82) is 0 Å². The van der Waals surface area contributed by atoms with Crippen LogP contribution in [0.15, 0.2) is 63.0 Å². The summed E-state index contributed by atoms with van der Waals surface area (Å²) in [6.45, 7) is 0.289. The number of hydrogen-bond donors (Lipinski definition) is 0. The smallest absolute Gasteiger partial charge is 0.328 e. The van der Waals surface area contributed by atoms with Gasteiger partial charge in [0.05, 0.1) is 22.3 Å². The monoisotopic (exact) mass is 461 g/mol. The van der Waals surface area contributed by atoms with E-state index in [-0.39, 0.29) is 33.4 Å². The standard InChI is InChI=1S/C18H10BrClFN5O2/c19-13-4-3-11(6-14(13)21)26-16(27)12-2-1-5-25(15(12)24-18(26)28)9-10-7-22-17(20)23-8-10/h1-8H,9H2. The van der Waals surface area contributed by atoms with Crippen molar-refractivity contribution in [3.05, 3.63) is 90.9 Å². The highest BCUT2D eigenvalue weighted by Crippen LogP contribution is 2.19. The van der Waals surface area contributed by atoms with E-state index in [9.17, 15) is 14.0 Å². The first-order valence-corrected chi connectivity index (χ1v) is 9.15. The van der Waals surface area contributed by atoms with Crippen LogP contribution in [-0.4, -0.2) is 24.1 Å². The Morgan fingerprint density at radius 3 is 2.61 bits per heavy atom. The molecule has 1 aromatic heterocycles. The van der Waals surface area contributed by atoms with E-state index in [0.29, 0.717) is 0 Å². The molecule has 0 bridgehead atoms. The summed E-state index contributed by atoms with van der Waals surface area (Å²) in [7, 11) is 0. The Hall–Kier alpha value is -2.91. The molecule has 2 aliphatic heterocycles. The van der Waals surface area contributed by atoms with Gasteiger partial charge in [-0.1, -0.05) is 0 Å². The van der Waals surface area contributed by atoms with Crippen molar-refractivity contribution in [2.45, 2.75) is 6.54 Å². The van der Waals surface area contributed by atoms with Crippen LogP contribution in [-0.2, 0) is 6.54 Å². The zero-order valence-corrected chi connectivity index (χ0v) is 16.4. The van der Waals surface area contributed by atoms with Gasteiger partial charge in [0.15, 0.2) is 5.82 Å². The van der Waals surface area contributed by atoms with Crippen molar-refractivity contribution < 1.29 is 4.39 Å². The molecule has 0 saturated carbocycles. The highest BCUT2D eigenvalue weighted by Gasteiger charge is 2.18. The predicted octanol–water partition coefficient (Wildman–Crippen LogP) is 2.89. The number of rotatable bonds is 3. The molecule has 0 aliphatic carbocycles. The van der Waals surface area contributed by atoms with E-state index in [2.05, 4.69) is 30.9 Å². The van der Waals surface area contributed by atoms with Crippen LogP contribution < -0.4 is 11.2 Å². The summed E-state index contributed by atoms with van der Waals surface area (Å²) in [5.41, 5.74) is -0.341. The lowest BCUT2D eigenvalue weighted by molar-refractivity contribution is 0.619. The quantitative estimate of drug-likeness (QED) is 0.437. The summed E-state index contributed by atoms with van der Waals surface area (Å²) < 4.78 is 16.6. The minimum atomic E-state index is -0.800. The van der Waals surface area contributed by atoms with Crippen LogP contribution in [0.1, 0.15) is 5.56 Å². The first kappa shape index (κ1) is 18.5. The molecule has 2 aromatic rings. The van der Waals surface area contributed by atoms with Crippen LogP contribution in [0, 0.1) is 5.82 Å². The molecule has 140 valence electrons. The van der Waals surface area contributed by atoms with Gasteiger partial charge < -0.3 is 4.57 Å². The summed E-state index contributed by atoms with van der Waals surface area (Å²) in [5.74, 6) is -0.379. The Labute approximate surface area is 170 Å². The fraction of sp³-hybridized carbons (Fsp3) is 0.0556. The summed E-state index contributed by atoms with van der Waals surface area (Å²) >= 11 is 8.74. The average Bonchev–Trinajstić information content (AvgIpc) is 2.67. The first-order chi connectivity index (χ1) is 13.4. The van der Waals surface area contributed by atoms with E-state index >= 15 is 0 Å². The second kappa shape index (κ2) is 7.25. The lowest BCUT2D eigenvalue weighted by Crippen LogP contribution is -2.36. The number of nitrogens with zero attached hydrogens (tertiary/aromatic N) is 5. The van der Waals surface area contributed by atoms with Gasteiger partial charge in [0.25, 0.3) is 5.56 Å². The van der Waals surface area contributed by atoms with E-state index in [1.165, 1.54) is 12.1 Å². The van der Waals surface area contributed by atoms with Gasteiger partial charge in [0, 0.05) is 24.2 Å². The minimum absolute atomic E-state index is 0.103. The van der Waals surface area contributed by atoms with Crippen molar-refractivity contribution in [3.8, 4) is 17.1 Å². The highest BCUT2D eigenvalue weighted by atomic mass is 79.9. The van der Waals surface area contributed by atoms with Gasteiger partial charge in [-0.15, -0.1) is 0 Å². The van der Waals surface area contributed by atoms with Crippen LogP contribution in [0.5, 0.6) is 0 Å². The molecule has 2 aliphatic rings. The first-order valence-electron chi connectivity index (χ1n) is 7.98. The summed E-state index contributed by atoms with van der Waals surface area (Å²) in [5, 5.41) is 0.122. The third-order valence-corrected chi connectivity index (χ3v) is 4.89. The van der Waals surface area contributed by atoms with Crippen molar-refractivity contribution in [1.82, 2.24) is 24.1 Å². The van der Waals surface area contributed by atoms with E-state index < -0.39 is 17.1 Å². The Bertz CT molecular complexity index is 1270. The fourth-order valence-corrected chi connectivity index (χ4v) is 3.12. The molecule has 7 nitrogen and oxygen atoms in total. The molecule has 28 heavy (non-hydrogen) atoms. The number of hydrogen-bond acceptors (Lipinski definition) is 5. The second-order valence-electron chi connectivity index (χ2n) is 5.87. The normalized spacial score (nSPS) is 11.1. The van der Waals surface area contributed by atoms with Crippen molar-refractivity contribution >= 4 is 27.5 Å². The molecule has 0 amide bonds. The molecular weight excluding hydrogens is 453 g/mol. The second-order valence-corrected chi connectivity index (χ2v) is 7.06. The number of pyridine rings is 1. The molecule has 0 atom stereocenters. The highest BCUT2D eigenvalue weighted by molar-refractivity contribution is 9.10. The summed E-state index contributed by atoms with van der Waals surface area (Å²) in [4.78, 5) is 37.4. The third-order valence-electron chi connectivity index (χ3n) is 4.06. The molecule has 0 N–H and O–H groups in total. The molecule has 1 aromatic carbocycles. The lowest BCUT2D eigenvalue weighted by atomic mass is 10.2. The van der Waals surface area contributed by atoms with Gasteiger partial charge in [-0.05, 0) is 57.9 Å². The summed E-state index contributed by atoms with van der Waals surface area (Å²) in [6, 6.07) is 7.21. The lowest BCUT2D eigenvalue weighted by Gasteiger charge is -2.15. The Morgan fingerprint density at radius 1 is 1.14 bits per heavy atom. The maximum Gasteiger partial charge on any atom is 0.357 e. The maximum absolute atomic E-state index is 13.9. The Kier molecular flexibility index (Phi) is 4.78. The predicted molar refractivity (Wildman–Crippen MR) is 105 cm³/mol. The van der Waals surface area contributed by atoms with E-state index in [0.717, 1.165) is 16.2 Å². The van der Waals surface area contributed by atoms with Gasteiger partial charge in [-0.2, -0.15) is 4.98 Å². The molecule has 10 heteroatoms. The SMILES string of the molecule is O=c1nc2n(Cc3cnc(Cl)nc3)cccc-2c(=O)n1-c1ccc(Br)c(F)c1. The van der Waals surface area contributed by atoms with Gasteiger partial charge >= 0.3 is 5.69 Å². The van der Waals surface area contributed by atoms with Gasteiger partial charge in [0.2, 0.25) is 5.28 Å². The van der Waals surface area contributed by atoms with E-state index in [1.807, 2.05) is 0 Å². The molecule has 3 heterocycles. The topological polar surface area (TPSA) is 82.7 Å². The van der Waals surface area contributed by atoms with Crippen LogP contribution in [0.3, 0.4) is 0 Å².